The van der Waals surface area contributed by atoms with E-state index in [1.807, 2.05) is 4.90 Å². The molecular formula is C20H23N3O3. The monoisotopic (exact) mass is 353 g/mol. The highest BCUT2D eigenvalue weighted by Crippen LogP contribution is 2.35. The first-order chi connectivity index (χ1) is 12.7. The van der Waals surface area contributed by atoms with Crippen molar-refractivity contribution < 1.29 is 14.0 Å². The summed E-state index contributed by atoms with van der Waals surface area (Å²) < 4.78 is 5.44. The molecule has 0 radical (unpaired) electrons. The lowest BCUT2D eigenvalue weighted by atomic mass is 9.85. The van der Waals surface area contributed by atoms with Crippen molar-refractivity contribution in [2.24, 2.45) is 0 Å². The second-order valence-electron chi connectivity index (χ2n) is 7.09. The molecule has 4 rings (SSSR count). The second-order valence-corrected chi connectivity index (χ2v) is 7.09. The molecule has 2 aliphatic rings. The van der Waals surface area contributed by atoms with Crippen LogP contribution in [0.1, 0.15) is 71.2 Å². The van der Waals surface area contributed by atoms with E-state index in [1.54, 1.807) is 24.3 Å². The van der Waals surface area contributed by atoms with Gasteiger partial charge in [-0.15, -0.1) is 0 Å². The van der Waals surface area contributed by atoms with Crippen molar-refractivity contribution in [3.8, 4) is 0 Å². The van der Waals surface area contributed by atoms with Crippen LogP contribution in [0.2, 0.25) is 0 Å². The molecule has 1 aliphatic carbocycles. The Kier molecular flexibility index (Phi) is 4.73. The molecule has 1 N–H and O–H groups in total. The molecule has 2 fully saturated rings. The molecule has 1 aromatic carbocycles. The highest BCUT2D eigenvalue weighted by atomic mass is 16.3. The second kappa shape index (κ2) is 7.32. The average Bonchev–Trinajstić information content (AvgIpc) is 3.10. The normalized spacial score (nSPS) is 17.6. The number of likely N-dealkylation sites (tertiary alicyclic amines) is 1. The Morgan fingerprint density at radius 3 is 2.65 bits per heavy atom. The van der Waals surface area contributed by atoms with Crippen molar-refractivity contribution in [1.82, 2.24) is 9.88 Å². The maximum atomic E-state index is 12.6. The fourth-order valence-electron chi connectivity index (χ4n) is 3.44. The van der Waals surface area contributed by atoms with Gasteiger partial charge >= 0.3 is 0 Å². The number of anilines is 1. The van der Waals surface area contributed by atoms with Crippen molar-refractivity contribution in [1.29, 1.82) is 0 Å². The van der Waals surface area contributed by atoms with E-state index >= 15 is 0 Å². The van der Waals surface area contributed by atoms with Crippen molar-refractivity contribution in [3.05, 3.63) is 47.7 Å². The summed E-state index contributed by atoms with van der Waals surface area (Å²) in [5, 5.41) is 2.81. The van der Waals surface area contributed by atoms with Crippen LogP contribution in [-0.2, 0) is 0 Å². The molecule has 1 aromatic heterocycles. The Hall–Kier alpha value is -2.63. The first-order valence-corrected chi connectivity index (χ1v) is 9.37. The zero-order chi connectivity index (χ0) is 17.9. The van der Waals surface area contributed by atoms with Crippen LogP contribution in [0.3, 0.4) is 0 Å². The van der Waals surface area contributed by atoms with Gasteiger partial charge in [-0.05, 0) is 50.3 Å². The Morgan fingerprint density at radius 1 is 1.12 bits per heavy atom. The van der Waals surface area contributed by atoms with Gasteiger partial charge in [0, 0.05) is 30.3 Å². The van der Waals surface area contributed by atoms with Crippen molar-refractivity contribution >= 4 is 17.5 Å². The molecule has 0 atom stereocenters. The molecule has 0 spiro atoms. The number of hydrogen-bond acceptors (Lipinski definition) is 4. The van der Waals surface area contributed by atoms with Crippen molar-refractivity contribution in [2.45, 2.75) is 44.4 Å². The Balaban J connectivity index is 1.43. The highest BCUT2D eigenvalue weighted by Gasteiger charge is 2.25. The first-order valence-electron chi connectivity index (χ1n) is 9.37. The fraction of sp³-hybridized carbons (Fsp3) is 0.450. The molecule has 0 unspecified atom stereocenters. The van der Waals surface area contributed by atoms with Crippen LogP contribution in [-0.4, -0.2) is 34.8 Å². The van der Waals surface area contributed by atoms with Gasteiger partial charge in [0.2, 0.25) is 0 Å². The van der Waals surface area contributed by atoms with Crippen LogP contribution in [0.5, 0.6) is 0 Å². The number of amides is 2. The molecule has 1 aliphatic heterocycles. The lowest BCUT2D eigenvalue weighted by Crippen LogP contribution is -2.35. The number of rotatable bonds is 4. The summed E-state index contributed by atoms with van der Waals surface area (Å²) in [5.74, 6) is 0.703. The van der Waals surface area contributed by atoms with Crippen LogP contribution >= 0.6 is 0 Å². The lowest BCUT2D eigenvalue weighted by molar-refractivity contribution is 0.0724. The van der Waals surface area contributed by atoms with Gasteiger partial charge in [-0.3, -0.25) is 9.59 Å². The van der Waals surface area contributed by atoms with Crippen LogP contribution in [0.4, 0.5) is 5.69 Å². The van der Waals surface area contributed by atoms with E-state index in [1.165, 1.54) is 19.1 Å². The number of oxazole rings is 1. The van der Waals surface area contributed by atoms with Crippen molar-refractivity contribution in [3.63, 3.8) is 0 Å². The number of aromatic nitrogens is 1. The largest absolute Gasteiger partial charge is 0.448 e. The number of piperidine rings is 1. The maximum Gasteiger partial charge on any atom is 0.277 e. The van der Waals surface area contributed by atoms with E-state index in [9.17, 15) is 9.59 Å². The molecule has 2 amide bonds. The van der Waals surface area contributed by atoms with Gasteiger partial charge in [0.15, 0.2) is 11.6 Å². The predicted octanol–water partition coefficient (Wildman–Crippen LogP) is 3.82. The van der Waals surface area contributed by atoms with E-state index in [0.717, 1.165) is 38.8 Å². The van der Waals surface area contributed by atoms with E-state index < -0.39 is 0 Å². The smallest absolute Gasteiger partial charge is 0.277 e. The summed E-state index contributed by atoms with van der Waals surface area (Å²) in [6.07, 6.45) is 8.03. The summed E-state index contributed by atoms with van der Waals surface area (Å²) in [7, 11) is 0. The predicted molar refractivity (Wildman–Crippen MR) is 97.2 cm³/mol. The number of nitrogens with zero attached hydrogens (tertiary/aromatic N) is 2. The summed E-state index contributed by atoms with van der Waals surface area (Å²) in [6.45, 7) is 1.61. The number of hydrogen-bond donors (Lipinski definition) is 1. The fourth-order valence-corrected chi connectivity index (χ4v) is 3.44. The minimum Gasteiger partial charge on any atom is -0.448 e. The molecule has 2 aromatic rings. The molecule has 1 saturated carbocycles. The Morgan fingerprint density at radius 2 is 1.92 bits per heavy atom. The number of nitrogens with one attached hydrogen (secondary N) is 1. The van der Waals surface area contributed by atoms with E-state index in [-0.39, 0.29) is 17.5 Å². The summed E-state index contributed by atoms with van der Waals surface area (Å²) in [4.78, 5) is 31.2. The van der Waals surface area contributed by atoms with Gasteiger partial charge in [0.25, 0.3) is 11.8 Å². The summed E-state index contributed by atoms with van der Waals surface area (Å²) in [6, 6.07) is 7.08. The topological polar surface area (TPSA) is 75.4 Å². The number of benzene rings is 1. The molecular weight excluding hydrogens is 330 g/mol. The molecule has 26 heavy (non-hydrogen) atoms. The van der Waals surface area contributed by atoms with Crippen LogP contribution in [0, 0.1) is 0 Å². The van der Waals surface area contributed by atoms with Crippen LogP contribution in [0.15, 0.2) is 34.9 Å². The van der Waals surface area contributed by atoms with E-state index in [0.29, 0.717) is 23.1 Å². The van der Waals surface area contributed by atoms with Gasteiger partial charge in [0.1, 0.15) is 6.26 Å². The zero-order valence-electron chi connectivity index (χ0n) is 14.7. The Bertz CT molecular complexity index is 804. The third-order valence-electron chi connectivity index (χ3n) is 5.22. The van der Waals surface area contributed by atoms with Gasteiger partial charge in [-0.25, -0.2) is 4.98 Å². The van der Waals surface area contributed by atoms with Gasteiger partial charge in [-0.2, -0.15) is 0 Å². The van der Waals surface area contributed by atoms with Crippen LogP contribution in [0.25, 0.3) is 0 Å². The van der Waals surface area contributed by atoms with Gasteiger partial charge in [0.05, 0.1) is 0 Å². The minimum absolute atomic E-state index is 0.0227. The molecule has 6 nitrogen and oxygen atoms in total. The Labute approximate surface area is 152 Å². The molecule has 6 heteroatoms. The maximum absolute atomic E-state index is 12.6. The molecule has 0 bridgehead atoms. The number of carbonyl (C=O) groups is 2. The zero-order valence-corrected chi connectivity index (χ0v) is 14.7. The van der Waals surface area contributed by atoms with E-state index in [2.05, 4.69) is 10.3 Å². The SMILES string of the molecule is O=C(Nc1cccc(C(=O)N2CCCCC2)c1)c1coc(C2CCC2)n1. The molecule has 1 saturated heterocycles. The number of carbonyl (C=O) groups excluding carboxylic acids is 2. The molecule has 2 heterocycles. The van der Waals surface area contributed by atoms with Crippen molar-refractivity contribution in [2.75, 3.05) is 18.4 Å². The van der Waals surface area contributed by atoms with Gasteiger partial charge < -0.3 is 14.6 Å². The summed E-state index contributed by atoms with van der Waals surface area (Å²) in [5.41, 5.74) is 1.46. The van der Waals surface area contributed by atoms with E-state index in [4.69, 9.17) is 4.42 Å². The average molecular weight is 353 g/mol. The van der Waals surface area contributed by atoms with Gasteiger partial charge in [-0.1, -0.05) is 12.5 Å². The highest BCUT2D eigenvalue weighted by molar-refractivity contribution is 6.03. The third kappa shape index (κ3) is 3.49. The summed E-state index contributed by atoms with van der Waals surface area (Å²) >= 11 is 0. The first kappa shape index (κ1) is 16.8. The molecule has 136 valence electrons. The van der Waals surface area contributed by atoms with Crippen LogP contribution < -0.4 is 5.32 Å². The standard InChI is InChI=1S/C20H23N3O3/c24-18(17-13-26-19(22-17)14-6-4-7-14)21-16-9-5-8-15(12-16)20(25)23-10-2-1-3-11-23/h5,8-9,12-14H,1-4,6-7,10-11H2,(H,21,24). The third-order valence-corrected chi connectivity index (χ3v) is 5.22. The quantitative estimate of drug-likeness (QED) is 0.906. The minimum atomic E-state index is -0.318. The lowest BCUT2D eigenvalue weighted by Gasteiger charge is -2.26.